The van der Waals surface area contributed by atoms with Crippen LogP contribution in [0.4, 0.5) is 5.69 Å². The molecule has 5 heteroatoms. The lowest BCUT2D eigenvalue weighted by atomic mass is 10.2. The van der Waals surface area contributed by atoms with Gasteiger partial charge in [-0.3, -0.25) is 0 Å². The van der Waals surface area contributed by atoms with Gasteiger partial charge in [0.2, 0.25) is 0 Å². The maximum atomic E-state index is 9.14. The average Bonchev–Trinajstić information content (AvgIpc) is 2.74. The summed E-state index contributed by atoms with van der Waals surface area (Å²) in [6.07, 6.45) is 0. The molecule has 1 aromatic carbocycles. The predicted molar refractivity (Wildman–Crippen MR) is 84.2 cm³/mol. The molecule has 0 aliphatic rings. The van der Waals surface area contributed by atoms with E-state index in [2.05, 4.69) is 55.3 Å². The van der Waals surface area contributed by atoms with Gasteiger partial charge in [0, 0.05) is 23.8 Å². The first kappa shape index (κ1) is 14.1. The maximum absolute atomic E-state index is 9.14. The Labute approximate surface area is 128 Å². The minimum Gasteiger partial charge on any atom is -0.392 e. The summed E-state index contributed by atoms with van der Waals surface area (Å²) >= 11 is 8.65. The molecule has 0 aliphatic carbocycles. The molecule has 1 aromatic heterocycles. The van der Waals surface area contributed by atoms with Crippen molar-refractivity contribution in [3.05, 3.63) is 49.0 Å². The van der Waals surface area contributed by atoms with Crippen molar-refractivity contribution in [2.75, 3.05) is 11.9 Å². The van der Waals surface area contributed by atoms with Gasteiger partial charge in [-0.05, 0) is 50.6 Å². The summed E-state index contributed by atoms with van der Waals surface area (Å²) in [5.74, 6) is 0. The normalized spacial score (nSPS) is 10.7. The van der Waals surface area contributed by atoms with Crippen LogP contribution in [0.3, 0.4) is 0 Å². The molecule has 0 saturated heterocycles. The third kappa shape index (κ3) is 3.35. The Morgan fingerprint density at radius 1 is 1.28 bits per heavy atom. The highest BCUT2D eigenvalue weighted by Gasteiger charge is 2.06. The van der Waals surface area contributed by atoms with Gasteiger partial charge in [-0.1, -0.05) is 22.0 Å². The van der Waals surface area contributed by atoms with Gasteiger partial charge in [-0.25, -0.2) is 0 Å². The van der Waals surface area contributed by atoms with E-state index in [0.29, 0.717) is 0 Å². The third-order valence-electron chi connectivity index (χ3n) is 2.69. The van der Waals surface area contributed by atoms with Crippen LogP contribution in [0.1, 0.15) is 11.1 Å². The van der Waals surface area contributed by atoms with Crippen LogP contribution in [-0.2, 0) is 13.2 Å². The van der Waals surface area contributed by atoms with Gasteiger partial charge in [0.1, 0.15) is 0 Å². The first-order valence-corrected chi connectivity index (χ1v) is 7.90. The van der Waals surface area contributed by atoms with E-state index in [-0.39, 0.29) is 6.61 Å². The van der Waals surface area contributed by atoms with Crippen molar-refractivity contribution < 1.29 is 5.11 Å². The molecule has 18 heavy (non-hydrogen) atoms. The van der Waals surface area contributed by atoms with Gasteiger partial charge < -0.3 is 10.0 Å². The van der Waals surface area contributed by atoms with Gasteiger partial charge in [-0.2, -0.15) is 0 Å². The fourth-order valence-corrected chi connectivity index (χ4v) is 3.39. The molecular formula is C13H13Br2NOS. The van der Waals surface area contributed by atoms with Crippen LogP contribution in [0, 0.1) is 0 Å². The zero-order chi connectivity index (χ0) is 13.1. The number of aliphatic hydroxyl groups excluding tert-OH is 1. The van der Waals surface area contributed by atoms with E-state index >= 15 is 0 Å². The monoisotopic (exact) mass is 389 g/mol. The maximum Gasteiger partial charge on any atom is 0.0701 e. The van der Waals surface area contributed by atoms with Gasteiger partial charge in [0.15, 0.2) is 0 Å². The molecule has 2 aromatic rings. The number of rotatable bonds is 4. The molecule has 0 bridgehead atoms. The number of thiophene rings is 1. The molecule has 0 fully saturated rings. The molecule has 2 nitrogen and oxygen atoms in total. The van der Waals surface area contributed by atoms with Crippen LogP contribution in [-0.4, -0.2) is 12.2 Å². The quantitative estimate of drug-likeness (QED) is 0.836. The SMILES string of the molecule is CN(Cc1csc(Br)c1)c1ccc(CO)c(Br)c1. The summed E-state index contributed by atoms with van der Waals surface area (Å²) in [7, 11) is 2.06. The molecule has 0 aliphatic heterocycles. The number of halogens is 2. The standard InChI is InChI=1S/C13H13Br2NOS/c1-16(6-9-4-13(15)18-8-9)11-3-2-10(7-17)12(14)5-11/h2-5,8,17H,6-7H2,1H3. The van der Waals surface area contributed by atoms with E-state index in [1.807, 2.05) is 18.2 Å². The van der Waals surface area contributed by atoms with Gasteiger partial charge >= 0.3 is 0 Å². The third-order valence-corrected chi connectivity index (χ3v) is 4.98. The fraction of sp³-hybridized carbons (Fsp3) is 0.231. The van der Waals surface area contributed by atoms with E-state index in [1.165, 1.54) is 5.56 Å². The molecule has 0 amide bonds. The fourth-order valence-electron chi connectivity index (χ4n) is 1.70. The average molecular weight is 391 g/mol. The molecule has 1 N–H and O–H groups in total. The van der Waals surface area contributed by atoms with Gasteiger partial charge in [0.25, 0.3) is 0 Å². The smallest absolute Gasteiger partial charge is 0.0701 e. The van der Waals surface area contributed by atoms with Crippen molar-refractivity contribution in [3.63, 3.8) is 0 Å². The molecule has 2 rings (SSSR count). The zero-order valence-corrected chi connectivity index (χ0v) is 13.8. The number of nitrogens with zero attached hydrogens (tertiary/aromatic N) is 1. The van der Waals surface area contributed by atoms with Crippen LogP contribution in [0.2, 0.25) is 0 Å². The van der Waals surface area contributed by atoms with Crippen LogP contribution in [0.5, 0.6) is 0 Å². The molecular weight excluding hydrogens is 378 g/mol. The minimum atomic E-state index is 0.0576. The molecule has 0 atom stereocenters. The second-order valence-corrected chi connectivity index (χ2v) is 7.19. The van der Waals surface area contributed by atoms with Crippen LogP contribution in [0.25, 0.3) is 0 Å². The Morgan fingerprint density at radius 2 is 2.06 bits per heavy atom. The lowest BCUT2D eigenvalue weighted by Crippen LogP contribution is -2.15. The van der Waals surface area contributed by atoms with Crippen LogP contribution in [0.15, 0.2) is 37.9 Å². The molecule has 96 valence electrons. The summed E-state index contributed by atoms with van der Waals surface area (Å²) in [5, 5.41) is 11.3. The predicted octanol–water partition coefficient (Wildman–Crippen LogP) is 4.40. The topological polar surface area (TPSA) is 23.5 Å². The number of benzene rings is 1. The largest absolute Gasteiger partial charge is 0.392 e. The molecule has 0 unspecified atom stereocenters. The summed E-state index contributed by atoms with van der Waals surface area (Å²) in [6, 6.07) is 8.14. The number of hydrogen-bond donors (Lipinski definition) is 1. The summed E-state index contributed by atoms with van der Waals surface area (Å²) in [4.78, 5) is 2.18. The molecule has 1 heterocycles. The second-order valence-electron chi connectivity index (χ2n) is 4.05. The van der Waals surface area contributed by atoms with E-state index in [4.69, 9.17) is 5.11 Å². The van der Waals surface area contributed by atoms with Crippen molar-refractivity contribution in [2.24, 2.45) is 0 Å². The summed E-state index contributed by atoms with van der Waals surface area (Å²) in [6.45, 7) is 0.926. The van der Waals surface area contributed by atoms with Crippen molar-refractivity contribution >= 4 is 48.9 Å². The Kier molecular flexibility index (Phi) is 4.84. The van der Waals surface area contributed by atoms with Crippen LogP contribution < -0.4 is 4.90 Å². The molecule has 0 spiro atoms. The molecule has 0 radical (unpaired) electrons. The van der Waals surface area contributed by atoms with E-state index < -0.39 is 0 Å². The number of aliphatic hydroxyl groups is 1. The highest BCUT2D eigenvalue weighted by molar-refractivity contribution is 9.11. The number of anilines is 1. The Morgan fingerprint density at radius 3 is 2.61 bits per heavy atom. The van der Waals surface area contributed by atoms with Crippen molar-refractivity contribution in [2.45, 2.75) is 13.2 Å². The van der Waals surface area contributed by atoms with Gasteiger partial charge in [0.05, 0.1) is 10.4 Å². The van der Waals surface area contributed by atoms with Gasteiger partial charge in [-0.15, -0.1) is 11.3 Å². The summed E-state index contributed by atoms with van der Waals surface area (Å²) < 4.78 is 2.10. The number of hydrogen-bond acceptors (Lipinski definition) is 3. The van der Waals surface area contributed by atoms with E-state index in [9.17, 15) is 0 Å². The Bertz CT molecular complexity index is 542. The second kappa shape index (κ2) is 6.19. The Hall–Kier alpha value is -0.360. The highest BCUT2D eigenvalue weighted by atomic mass is 79.9. The van der Waals surface area contributed by atoms with E-state index in [0.717, 1.165) is 26.1 Å². The first-order chi connectivity index (χ1) is 8.60. The van der Waals surface area contributed by atoms with Crippen molar-refractivity contribution in [3.8, 4) is 0 Å². The highest BCUT2D eigenvalue weighted by Crippen LogP contribution is 2.26. The Balaban J connectivity index is 2.13. The lowest BCUT2D eigenvalue weighted by molar-refractivity contribution is 0.281. The zero-order valence-electron chi connectivity index (χ0n) is 9.86. The molecule has 0 saturated carbocycles. The summed E-state index contributed by atoms with van der Waals surface area (Å²) in [5.41, 5.74) is 3.32. The van der Waals surface area contributed by atoms with Crippen LogP contribution >= 0.6 is 43.2 Å². The minimum absolute atomic E-state index is 0.0576. The lowest BCUT2D eigenvalue weighted by Gasteiger charge is -2.19. The first-order valence-electron chi connectivity index (χ1n) is 5.43. The van der Waals surface area contributed by atoms with Crippen molar-refractivity contribution in [1.82, 2.24) is 0 Å². The van der Waals surface area contributed by atoms with Crippen molar-refractivity contribution in [1.29, 1.82) is 0 Å². The van der Waals surface area contributed by atoms with E-state index in [1.54, 1.807) is 11.3 Å².